The number of methoxy groups -OCH3 is 1. The van der Waals surface area contributed by atoms with Crippen LogP contribution in [-0.4, -0.2) is 49.2 Å². The molecule has 1 fully saturated rings. The molecule has 0 spiro atoms. The number of nitrogens with zero attached hydrogens (tertiary/aromatic N) is 2. The third-order valence-corrected chi connectivity index (χ3v) is 5.20. The molecule has 28 heavy (non-hydrogen) atoms. The smallest absolute Gasteiger partial charge is 0.253 e. The van der Waals surface area contributed by atoms with Crippen molar-refractivity contribution < 1.29 is 14.3 Å². The first-order chi connectivity index (χ1) is 13.7. The van der Waals surface area contributed by atoms with E-state index in [-0.39, 0.29) is 11.8 Å². The van der Waals surface area contributed by atoms with Crippen LogP contribution in [0.5, 0.6) is 5.75 Å². The molecule has 2 heterocycles. The highest BCUT2D eigenvalue weighted by atomic mass is 16.5. The second-order valence-electron chi connectivity index (χ2n) is 7.06. The highest BCUT2D eigenvalue weighted by molar-refractivity contribution is 5.94. The van der Waals surface area contributed by atoms with Gasteiger partial charge in [0.2, 0.25) is 0 Å². The van der Waals surface area contributed by atoms with Crippen LogP contribution < -0.4 is 4.74 Å². The number of hydrogen-bond donors (Lipinski definition) is 0. The SMILES string of the molecule is COCCOc1ccc(C(=O)N2CC[C@@H](c3cc4ccccc4cn3)C2)cc1. The summed E-state index contributed by atoms with van der Waals surface area (Å²) >= 11 is 0. The van der Waals surface area contributed by atoms with Crippen LogP contribution in [0.15, 0.2) is 60.8 Å². The van der Waals surface area contributed by atoms with Gasteiger partial charge in [-0.25, -0.2) is 0 Å². The quantitative estimate of drug-likeness (QED) is 0.613. The average Bonchev–Trinajstić information content (AvgIpc) is 3.24. The van der Waals surface area contributed by atoms with Crippen molar-refractivity contribution in [2.75, 3.05) is 33.4 Å². The summed E-state index contributed by atoms with van der Waals surface area (Å²) in [6.07, 6.45) is 2.87. The standard InChI is InChI=1S/C23H24N2O3/c1-27-12-13-28-21-8-6-17(7-9-21)23(26)25-11-10-20(16-25)22-14-18-4-2-3-5-19(18)15-24-22/h2-9,14-15,20H,10-13,16H2,1H3/t20-/m1/s1. The third-order valence-electron chi connectivity index (χ3n) is 5.20. The lowest BCUT2D eigenvalue weighted by Crippen LogP contribution is -2.28. The molecule has 1 atom stereocenters. The molecule has 5 nitrogen and oxygen atoms in total. The average molecular weight is 376 g/mol. The van der Waals surface area contributed by atoms with Crippen molar-refractivity contribution in [3.8, 4) is 5.75 Å². The molecule has 0 unspecified atom stereocenters. The Balaban J connectivity index is 1.40. The minimum atomic E-state index is 0.0618. The highest BCUT2D eigenvalue weighted by Crippen LogP contribution is 2.29. The summed E-state index contributed by atoms with van der Waals surface area (Å²) in [7, 11) is 1.64. The molecule has 4 rings (SSSR count). The Morgan fingerprint density at radius 1 is 1.11 bits per heavy atom. The summed E-state index contributed by atoms with van der Waals surface area (Å²) in [5, 5.41) is 2.34. The van der Waals surface area contributed by atoms with Gasteiger partial charge in [-0.3, -0.25) is 9.78 Å². The van der Waals surface area contributed by atoms with Crippen LogP contribution in [0.2, 0.25) is 0 Å². The highest BCUT2D eigenvalue weighted by Gasteiger charge is 2.28. The zero-order valence-corrected chi connectivity index (χ0v) is 16.0. The van der Waals surface area contributed by atoms with E-state index in [0.29, 0.717) is 25.3 Å². The van der Waals surface area contributed by atoms with Gasteiger partial charge in [0.1, 0.15) is 12.4 Å². The van der Waals surface area contributed by atoms with Crippen molar-refractivity contribution in [3.63, 3.8) is 0 Å². The molecule has 0 bridgehead atoms. The maximum Gasteiger partial charge on any atom is 0.253 e. The molecule has 1 aromatic heterocycles. The van der Waals surface area contributed by atoms with Crippen LogP contribution in [0.25, 0.3) is 10.8 Å². The molecule has 0 aliphatic carbocycles. The van der Waals surface area contributed by atoms with Gasteiger partial charge in [0.15, 0.2) is 0 Å². The molecule has 144 valence electrons. The van der Waals surface area contributed by atoms with Gasteiger partial charge in [-0.1, -0.05) is 24.3 Å². The molecule has 5 heteroatoms. The number of ether oxygens (including phenoxy) is 2. The molecule has 2 aromatic carbocycles. The number of rotatable bonds is 6. The molecule has 1 aliphatic rings. The lowest BCUT2D eigenvalue weighted by atomic mass is 10.0. The van der Waals surface area contributed by atoms with Gasteiger partial charge in [0.25, 0.3) is 5.91 Å². The molecule has 1 saturated heterocycles. The zero-order chi connectivity index (χ0) is 19.3. The Morgan fingerprint density at radius 3 is 2.68 bits per heavy atom. The van der Waals surface area contributed by atoms with Crippen molar-refractivity contribution in [2.45, 2.75) is 12.3 Å². The van der Waals surface area contributed by atoms with E-state index in [1.165, 1.54) is 5.39 Å². The minimum Gasteiger partial charge on any atom is -0.491 e. The van der Waals surface area contributed by atoms with Gasteiger partial charge in [-0.05, 0) is 42.1 Å². The molecule has 0 N–H and O–H groups in total. The number of fused-ring (bicyclic) bond motifs is 1. The molecule has 0 saturated carbocycles. The lowest BCUT2D eigenvalue weighted by molar-refractivity contribution is 0.0790. The molecule has 1 aliphatic heterocycles. The normalized spacial score (nSPS) is 16.5. The fraction of sp³-hybridized carbons (Fsp3) is 0.304. The molecular weight excluding hydrogens is 352 g/mol. The van der Waals surface area contributed by atoms with Gasteiger partial charge in [0, 0.05) is 49.0 Å². The van der Waals surface area contributed by atoms with Crippen LogP contribution >= 0.6 is 0 Å². The van der Waals surface area contributed by atoms with Crippen molar-refractivity contribution in [2.24, 2.45) is 0 Å². The second kappa shape index (κ2) is 8.40. The van der Waals surface area contributed by atoms with Crippen molar-refractivity contribution in [1.82, 2.24) is 9.88 Å². The predicted octanol–water partition coefficient (Wildman–Crippen LogP) is 3.89. The number of aromatic nitrogens is 1. The van der Waals surface area contributed by atoms with Crippen LogP contribution in [-0.2, 0) is 4.74 Å². The van der Waals surface area contributed by atoms with Crippen LogP contribution in [0, 0.1) is 0 Å². The fourth-order valence-corrected chi connectivity index (χ4v) is 3.63. The van der Waals surface area contributed by atoms with Gasteiger partial charge in [0.05, 0.1) is 6.61 Å². The number of amides is 1. The van der Waals surface area contributed by atoms with Crippen molar-refractivity contribution in [3.05, 3.63) is 72.1 Å². The maximum atomic E-state index is 12.9. The van der Waals surface area contributed by atoms with Crippen molar-refractivity contribution in [1.29, 1.82) is 0 Å². The Bertz CT molecular complexity index is 955. The first-order valence-electron chi connectivity index (χ1n) is 9.60. The van der Waals surface area contributed by atoms with E-state index in [9.17, 15) is 4.79 Å². The predicted molar refractivity (Wildman–Crippen MR) is 109 cm³/mol. The van der Waals surface area contributed by atoms with Gasteiger partial charge in [-0.15, -0.1) is 0 Å². The summed E-state index contributed by atoms with van der Waals surface area (Å²) < 4.78 is 10.5. The summed E-state index contributed by atoms with van der Waals surface area (Å²) in [6, 6.07) is 17.7. The van der Waals surface area contributed by atoms with E-state index in [0.717, 1.165) is 29.8 Å². The fourth-order valence-electron chi connectivity index (χ4n) is 3.63. The van der Waals surface area contributed by atoms with Gasteiger partial charge < -0.3 is 14.4 Å². The topological polar surface area (TPSA) is 51.7 Å². The van der Waals surface area contributed by atoms with E-state index in [2.05, 4.69) is 23.2 Å². The molecule has 1 amide bonds. The Hall–Kier alpha value is -2.92. The summed E-state index contributed by atoms with van der Waals surface area (Å²) in [6.45, 7) is 2.50. The van der Waals surface area contributed by atoms with Crippen LogP contribution in [0.4, 0.5) is 0 Å². The first kappa shape index (κ1) is 18.4. The van der Waals surface area contributed by atoms with Crippen LogP contribution in [0.3, 0.4) is 0 Å². The van der Waals surface area contributed by atoms with E-state index in [4.69, 9.17) is 9.47 Å². The van der Waals surface area contributed by atoms with E-state index in [1.54, 1.807) is 7.11 Å². The summed E-state index contributed by atoms with van der Waals surface area (Å²) in [4.78, 5) is 19.4. The van der Waals surface area contributed by atoms with Crippen molar-refractivity contribution >= 4 is 16.7 Å². The number of likely N-dealkylation sites (tertiary alicyclic amines) is 1. The number of benzene rings is 2. The summed E-state index contributed by atoms with van der Waals surface area (Å²) in [5.41, 5.74) is 1.75. The van der Waals surface area contributed by atoms with E-state index in [1.807, 2.05) is 47.5 Å². The molecule has 3 aromatic rings. The molecule has 0 radical (unpaired) electrons. The Labute approximate surface area is 164 Å². The van der Waals surface area contributed by atoms with E-state index < -0.39 is 0 Å². The maximum absolute atomic E-state index is 12.9. The lowest BCUT2D eigenvalue weighted by Gasteiger charge is -2.17. The number of hydrogen-bond acceptors (Lipinski definition) is 4. The number of pyridine rings is 1. The number of carbonyl (C=O) groups excluding carboxylic acids is 1. The molecular formula is C23H24N2O3. The zero-order valence-electron chi connectivity index (χ0n) is 16.0. The first-order valence-corrected chi connectivity index (χ1v) is 9.60. The second-order valence-corrected chi connectivity index (χ2v) is 7.06. The van der Waals surface area contributed by atoms with Gasteiger partial charge >= 0.3 is 0 Å². The monoisotopic (exact) mass is 376 g/mol. The van der Waals surface area contributed by atoms with E-state index >= 15 is 0 Å². The van der Waals surface area contributed by atoms with Gasteiger partial charge in [-0.2, -0.15) is 0 Å². The third kappa shape index (κ3) is 3.99. The number of carbonyl (C=O) groups is 1. The summed E-state index contributed by atoms with van der Waals surface area (Å²) in [5.74, 6) is 1.09. The minimum absolute atomic E-state index is 0.0618. The largest absolute Gasteiger partial charge is 0.491 e. The Kier molecular flexibility index (Phi) is 5.53. The van der Waals surface area contributed by atoms with Crippen LogP contribution in [0.1, 0.15) is 28.4 Å². The Morgan fingerprint density at radius 2 is 1.89 bits per heavy atom.